The third kappa shape index (κ3) is 6.70. The van der Waals surface area contributed by atoms with Gasteiger partial charge in [-0.2, -0.15) is 4.31 Å². The van der Waals surface area contributed by atoms with E-state index in [9.17, 15) is 8.42 Å². The third-order valence-electron chi connectivity index (χ3n) is 4.90. The Kier molecular flexibility index (Phi) is 7.91. The molecule has 1 fully saturated rings. The number of aliphatic imine (C=N–C) groups is 1. The Balaban J connectivity index is 1.52. The number of benzene rings is 1. The van der Waals surface area contributed by atoms with Gasteiger partial charge in [0.05, 0.1) is 12.2 Å². The molecule has 1 aliphatic rings. The molecule has 10 heteroatoms. The lowest BCUT2D eigenvalue weighted by Crippen LogP contribution is -2.54. The maximum atomic E-state index is 12.6. The molecule has 9 nitrogen and oxygen atoms in total. The summed E-state index contributed by atoms with van der Waals surface area (Å²) < 4.78 is 37.3. The highest BCUT2D eigenvalue weighted by atomic mass is 32.2. The van der Waals surface area contributed by atoms with Crippen molar-refractivity contribution in [1.82, 2.24) is 19.7 Å². The van der Waals surface area contributed by atoms with Crippen LogP contribution in [0.5, 0.6) is 5.75 Å². The number of aromatic nitrogens is 1. The smallest absolute Gasteiger partial charge is 0.220 e. The zero-order chi connectivity index (χ0) is 22.3. The fourth-order valence-corrected chi connectivity index (χ4v) is 4.95. The molecule has 0 saturated carbocycles. The van der Waals surface area contributed by atoms with Gasteiger partial charge in [-0.25, -0.2) is 13.4 Å². The molecule has 0 aliphatic carbocycles. The van der Waals surface area contributed by atoms with Crippen molar-refractivity contribution >= 4 is 16.0 Å². The topological polar surface area (TPSA) is 100 Å². The molecule has 0 radical (unpaired) electrons. The summed E-state index contributed by atoms with van der Waals surface area (Å²) >= 11 is 0. The average molecular weight is 450 g/mol. The highest BCUT2D eigenvalue weighted by Gasteiger charge is 2.28. The van der Waals surface area contributed by atoms with Crippen molar-refractivity contribution < 1.29 is 17.7 Å². The molecule has 170 valence electrons. The van der Waals surface area contributed by atoms with E-state index in [-0.39, 0.29) is 5.75 Å². The van der Waals surface area contributed by atoms with Gasteiger partial charge in [-0.05, 0) is 44.0 Å². The summed E-state index contributed by atoms with van der Waals surface area (Å²) in [5, 5.41) is 6.99. The van der Waals surface area contributed by atoms with Crippen molar-refractivity contribution in [2.45, 2.75) is 26.5 Å². The second-order valence-corrected chi connectivity index (χ2v) is 9.51. The number of piperazine rings is 1. The minimum Gasteiger partial charge on any atom is -0.492 e. The Morgan fingerprint density at radius 3 is 2.52 bits per heavy atom. The number of guanidine groups is 1. The van der Waals surface area contributed by atoms with Gasteiger partial charge < -0.3 is 19.5 Å². The molecular weight excluding hydrogens is 418 g/mol. The summed E-state index contributed by atoms with van der Waals surface area (Å²) in [6.07, 6.45) is 1.38. The molecular formula is C21H31N5O4S. The van der Waals surface area contributed by atoms with Gasteiger partial charge in [-0.3, -0.25) is 0 Å². The first-order valence-corrected chi connectivity index (χ1v) is 12.1. The predicted octanol–water partition coefficient (Wildman–Crippen LogP) is 1.78. The van der Waals surface area contributed by atoms with Crippen LogP contribution in [0.2, 0.25) is 0 Å². The molecule has 1 aromatic heterocycles. The van der Waals surface area contributed by atoms with Crippen molar-refractivity contribution in [3.05, 3.63) is 47.3 Å². The maximum Gasteiger partial charge on any atom is 0.220 e. The Morgan fingerprint density at radius 2 is 1.90 bits per heavy atom. The van der Waals surface area contributed by atoms with Crippen LogP contribution in [0, 0.1) is 13.8 Å². The number of hydrogen-bond donors (Lipinski definition) is 1. The van der Waals surface area contributed by atoms with E-state index in [0.717, 1.165) is 18.3 Å². The molecule has 0 unspecified atom stereocenters. The van der Waals surface area contributed by atoms with E-state index in [1.165, 1.54) is 21.7 Å². The predicted molar refractivity (Wildman–Crippen MR) is 120 cm³/mol. The Labute approximate surface area is 184 Å². The van der Waals surface area contributed by atoms with Crippen LogP contribution in [-0.2, 0) is 15.8 Å². The van der Waals surface area contributed by atoms with E-state index in [1.807, 2.05) is 32.9 Å². The number of nitrogens with one attached hydrogen (secondary N) is 1. The van der Waals surface area contributed by atoms with Gasteiger partial charge in [0.25, 0.3) is 0 Å². The fraction of sp³-hybridized carbons (Fsp3) is 0.524. The van der Waals surface area contributed by atoms with E-state index in [2.05, 4.69) is 26.4 Å². The van der Waals surface area contributed by atoms with E-state index in [0.29, 0.717) is 45.0 Å². The van der Waals surface area contributed by atoms with Gasteiger partial charge in [0.2, 0.25) is 10.0 Å². The van der Waals surface area contributed by atoms with E-state index >= 15 is 0 Å². The third-order valence-corrected chi connectivity index (χ3v) is 6.72. The van der Waals surface area contributed by atoms with Crippen molar-refractivity contribution in [3.8, 4) is 5.75 Å². The number of hydrogen-bond acceptors (Lipinski definition) is 6. The van der Waals surface area contributed by atoms with Crippen molar-refractivity contribution in [2.75, 3.05) is 45.9 Å². The van der Waals surface area contributed by atoms with E-state index in [4.69, 9.17) is 9.26 Å². The van der Waals surface area contributed by atoms with E-state index < -0.39 is 10.0 Å². The van der Waals surface area contributed by atoms with Crippen LogP contribution < -0.4 is 10.1 Å². The van der Waals surface area contributed by atoms with Gasteiger partial charge in [-0.1, -0.05) is 11.2 Å². The lowest BCUT2D eigenvalue weighted by molar-refractivity contribution is 0.259. The molecule has 1 N–H and O–H groups in total. The number of ether oxygens (including phenoxy) is 1. The lowest BCUT2D eigenvalue weighted by Gasteiger charge is -2.35. The monoisotopic (exact) mass is 449 g/mol. The minimum atomic E-state index is -3.42. The highest BCUT2D eigenvalue weighted by Crippen LogP contribution is 2.16. The van der Waals surface area contributed by atoms with Gasteiger partial charge in [0.1, 0.15) is 24.4 Å². The first kappa shape index (κ1) is 23.1. The van der Waals surface area contributed by atoms with Crippen LogP contribution in [0.25, 0.3) is 0 Å². The van der Waals surface area contributed by atoms with Gasteiger partial charge in [-0.15, -0.1) is 0 Å². The van der Waals surface area contributed by atoms with Crippen LogP contribution >= 0.6 is 0 Å². The van der Waals surface area contributed by atoms with Crippen LogP contribution in [0.3, 0.4) is 0 Å². The summed E-state index contributed by atoms with van der Waals surface area (Å²) in [6, 6.07) is 7.71. The second-order valence-electron chi connectivity index (χ2n) is 7.54. The van der Waals surface area contributed by atoms with Gasteiger partial charge in [0, 0.05) is 38.8 Å². The molecule has 2 heterocycles. The molecule has 0 amide bonds. The molecule has 3 rings (SSSR count). The zero-order valence-electron chi connectivity index (χ0n) is 18.4. The van der Waals surface area contributed by atoms with Gasteiger partial charge in [0.15, 0.2) is 5.96 Å². The lowest BCUT2D eigenvalue weighted by atomic mass is 10.1. The zero-order valence-corrected chi connectivity index (χ0v) is 19.2. The maximum absolute atomic E-state index is 12.6. The average Bonchev–Trinajstić information content (AvgIpc) is 3.22. The number of rotatable bonds is 8. The number of sulfonamides is 1. The molecule has 1 saturated heterocycles. The molecule has 31 heavy (non-hydrogen) atoms. The number of aryl methyl sites for hydroxylation is 2. The van der Waals surface area contributed by atoms with Crippen LogP contribution in [-0.4, -0.2) is 74.6 Å². The largest absolute Gasteiger partial charge is 0.492 e. The first-order chi connectivity index (χ1) is 14.9. The Hall–Kier alpha value is -2.59. The summed E-state index contributed by atoms with van der Waals surface area (Å²) in [6.45, 7) is 9.79. The summed E-state index contributed by atoms with van der Waals surface area (Å²) in [5.74, 6) is 1.48. The van der Waals surface area contributed by atoms with Crippen LogP contribution in [0.15, 0.2) is 40.0 Å². The second kappa shape index (κ2) is 10.6. The van der Waals surface area contributed by atoms with Crippen molar-refractivity contribution in [1.29, 1.82) is 0 Å². The normalized spacial score (nSPS) is 15.8. The van der Waals surface area contributed by atoms with Crippen LogP contribution in [0.4, 0.5) is 0 Å². The summed E-state index contributed by atoms with van der Waals surface area (Å²) in [4.78, 5) is 6.75. The van der Waals surface area contributed by atoms with Gasteiger partial charge >= 0.3 is 0 Å². The Morgan fingerprint density at radius 1 is 1.19 bits per heavy atom. The van der Waals surface area contributed by atoms with Crippen molar-refractivity contribution in [3.63, 3.8) is 0 Å². The molecule has 0 atom stereocenters. The quantitative estimate of drug-likeness (QED) is 0.372. The fourth-order valence-electron chi connectivity index (χ4n) is 3.53. The number of nitrogens with zero attached hydrogens (tertiary/aromatic N) is 4. The minimum absolute atomic E-state index is 0.145. The molecule has 0 spiro atoms. The molecule has 0 bridgehead atoms. The Bertz CT molecular complexity index is 947. The van der Waals surface area contributed by atoms with Crippen LogP contribution in [0.1, 0.15) is 23.7 Å². The standard InChI is InChI=1S/C21H31N5O4S/c1-4-22-21(23-6-12-29-20-14-17(2)13-18(3)15-20)25-7-9-26(10-8-25)31(27,28)16-19-5-11-30-24-19/h5,11,13-15H,4,6-10,12,16H2,1-3H3,(H,22,23). The molecule has 2 aromatic rings. The highest BCUT2D eigenvalue weighted by molar-refractivity contribution is 7.88. The molecule has 1 aromatic carbocycles. The van der Waals surface area contributed by atoms with E-state index in [1.54, 1.807) is 6.07 Å². The molecule has 1 aliphatic heterocycles. The SMILES string of the molecule is CCNC(=NCCOc1cc(C)cc(C)c1)N1CCN(S(=O)(=O)Cc2ccon2)CC1. The first-order valence-electron chi connectivity index (χ1n) is 10.5. The summed E-state index contributed by atoms with van der Waals surface area (Å²) in [5.41, 5.74) is 2.76. The van der Waals surface area contributed by atoms with Crippen molar-refractivity contribution in [2.24, 2.45) is 4.99 Å². The summed E-state index contributed by atoms with van der Waals surface area (Å²) in [7, 11) is -3.42.